The lowest BCUT2D eigenvalue weighted by Crippen LogP contribution is -2.42. The summed E-state index contributed by atoms with van der Waals surface area (Å²) in [5.74, 6) is -0.338. The first kappa shape index (κ1) is 21.2. The molecule has 0 spiro atoms. The average molecular weight is 470 g/mol. The molecule has 1 amide bonds. The summed E-state index contributed by atoms with van der Waals surface area (Å²) in [4.78, 5) is 15.5. The molecule has 0 saturated carbocycles. The highest BCUT2D eigenvalue weighted by Crippen LogP contribution is 2.41. The summed E-state index contributed by atoms with van der Waals surface area (Å²) in [6.07, 6.45) is 2.23. The fourth-order valence-electron chi connectivity index (χ4n) is 4.76. The number of carbonyl (C=O) groups is 1. The summed E-state index contributed by atoms with van der Waals surface area (Å²) in [6.45, 7) is 2.01. The molecule has 5 rings (SSSR count). The van der Waals surface area contributed by atoms with Crippen LogP contribution in [0.5, 0.6) is 0 Å². The van der Waals surface area contributed by atoms with Gasteiger partial charge >= 0.3 is 0 Å². The highest BCUT2D eigenvalue weighted by Gasteiger charge is 2.36. The Kier molecular flexibility index (Phi) is 5.57. The number of hydrogen-bond acceptors (Lipinski definition) is 4. The third-order valence-electron chi connectivity index (χ3n) is 6.31. The second kappa shape index (κ2) is 8.39. The van der Waals surface area contributed by atoms with Gasteiger partial charge in [0.2, 0.25) is 5.91 Å². The maximum absolute atomic E-state index is 13.1. The Hall–Kier alpha value is -2.61. The standard InChI is InChI=1S/C24H24ClN3O3S/c25-19-10-2-1-9-18(19)21(27-13-3-4-14-27)15-26-23(29)16-28-20-11-5-7-17-8-6-12-22(24(17)20)32(28,30)31/h1-2,5-12,21H,3-4,13-16H2,(H,26,29)/t21-/m0/s1. The van der Waals surface area contributed by atoms with Crippen LogP contribution in [-0.2, 0) is 14.8 Å². The van der Waals surface area contributed by atoms with Crippen molar-refractivity contribution in [3.63, 3.8) is 0 Å². The van der Waals surface area contributed by atoms with Gasteiger partial charge in [-0.25, -0.2) is 8.42 Å². The van der Waals surface area contributed by atoms with Crippen molar-refractivity contribution in [1.82, 2.24) is 10.2 Å². The lowest BCUT2D eigenvalue weighted by Gasteiger charge is -2.29. The lowest BCUT2D eigenvalue weighted by molar-refractivity contribution is -0.119. The minimum Gasteiger partial charge on any atom is -0.353 e. The predicted molar refractivity (Wildman–Crippen MR) is 126 cm³/mol. The Morgan fingerprint density at radius 3 is 2.47 bits per heavy atom. The maximum Gasteiger partial charge on any atom is 0.265 e. The largest absolute Gasteiger partial charge is 0.353 e. The molecule has 2 aliphatic rings. The number of benzene rings is 3. The molecular weight excluding hydrogens is 446 g/mol. The molecule has 3 aromatic rings. The zero-order chi connectivity index (χ0) is 22.3. The fourth-order valence-corrected chi connectivity index (χ4v) is 6.69. The minimum absolute atomic E-state index is 0.0500. The zero-order valence-corrected chi connectivity index (χ0v) is 19.1. The van der Waals surface area contributed by atoms with Gasteiger partial charge in [-0.3, -0.25) is 14.0 Å². The molecular formula is C24H24ClN3O3S. The van der Waals surface area contributed by atoms with Crippen molar-refractivity contribution in [1.29, 1.82) is 0 Å². The Balaban J connectivity index is 1.36. The van der Waals surface area contributed by atoms with Gasteiger partial charge in [0.25, 0.3) is 10.0 Å². The van der Waals surface area contributed by atoms with E-state index in [1.54, 1.807) is 18.2 Å². The van der Waals surface area contributed by atoms with Crippen molar-refractivity contribution >= 4 is 44.0 Å². The monoisotopic (exact) mass is 469 g/mol. The third-order valence-corrected chi connectivity index (χ3v) is 8.45. The second-order valence-corrected chi connectivity index (χ2v) is 10.5. The smallest absolute Gasteiger partial charge is 0.265 e. The van der Waals surface area contributed by atoms with Gasteiger partial charge in [-0.1, -0.05) is 54.1 Å². The Morgan fingerprint density at radius 2 is 1.72 bits per heavy atom. The van der Waals surface area contributed by atoms with E-state index in [0.717, 1.165) is 36.9 Å². The van der Waals surface area contributed by atoms with Crippen LogP contribution in [0, 0.1) is 0 Å². The van der Waals surface area contributed by atoms with Crippen LogP contribution in [0.1, 0.15) is 24.4 Å². The highest BCUT2D eigenvalue weighted by atomic mass is 35.5. The van der Waals surface area contributed by atoms with Crippen molar-refractivity contribution in [2.24, 2.45) is 0 Å². The van der Waals surface area contributed by atoms with Crippen LogP contribution in [0.2, 0.25) is 5.02 Å². The zero-order valence-electron chi connectivity index (χ0n) is 17.5. The van der Waals surface area contributed by atoms with Crippen LogP contribution in [0.25, 0.3) is 10.8 Å². The molecule has 0 radical (unpaired) electrons. The van der Waals surface area contributed by atoms with E-state index in [2.05, 4.69) is 10.2 Å². The van der Waals surface area contributed by atoms with Crippen molar-refractivity contribution in [3.8, 4) is 0 Å². The third kappa shape index (κ3) is 3.64. The average Bonchev–Trinajstić information content (AvgIpc) is 3.39. The molecule has 166 valence electrons. The summed E-state index contributed by atoms with van der Waals surface area (Å²) < 4.78 is 27.5. The van der Waals surface area contributed by atoms with Gasteiger partial charge in [-0.15, -0.1) is 0 Å². The van der Waals surface area contributed by atoms with Gasteiger partial charge in [-0.2, -0.15) is 0 Å². The van der Waals surface area contributed by atoms with E-state index in [1.807, 2.05) is 42.5 Å². The van der Waals surface area contributed by atoms with E-state index in [4.69, 9.17) is 11.6 Å². The molecule has 0 aromatic heterocycles. The number of anilines is 1. The summed E-state index contributed by atoms with van der Waals surface area (Å²) in [7, 11) is -3.77. The first-order valence-electron chi connectivity index (χ1n) is 10.8. The van der Waals surface area contributed by atoms with Crippen LogP contribution < -0.4 is 9.62 Å². The highest BCUT2D eigenvalue weighted by molar-refractivity contribution is 7.93. The topological polar surface area (TPSA) is 69.7 Å². The summed E-state index contributed by atoms with van der Waals surface area (Å²) in [5, 5.41) is 5.15. The number of likely N-dealkylation sites (tertiary alicyclic amines) is 1. The van der Waals surface area contributed by atoms with Gasteiger partial charge < -0.3 is 5.32 Å². The van der Waals surface area contributed by atoms with Gasteiger partial charge in [0.15, 0.2) is 0 Å². The minimum atomic E-state index is -3.77. The lowest BCUT2D eigenvalue weighted by atomic mass is 10.1. The first-order valence-corrected chi connectivity index (χ1v) is 12.6. The number of halogens is 1. The van der Waals surface area contributed by atoms with E-state index in [9.17, 15) is 13.2 Å². The fraction of sp³-hybridized carbons (Fsp3) is 0.292. The molecule has 1 N–H and O–H groups in total. The van der Waals surface area contributed by atoms with Crippen LogP contribution >= 0.6 is 11.6 Å². The Bertz CT molecular complexity index is 1280. The molecule has 6 nitrogen and oxygen atoms in total. The number of nitrogens with one attached hydrogen (secondary N) is 1. The quantitative estimate of drug-likeness (QED) is 0.593. The molecule has 2 aliphatic heterocycles. The number of hydrogen-bond donors (Lipinski definition) is 1. The molecule has 3 aromatic carbocycles. The summed E-state index contributed by atoms with van der Waals surface area (Å²) >= 11 is 6.46. The number of rotatable bonds is 6. The maximum atomic E-state index is 13.1. The summed E-state index contributed by atoms with van der Waals surface area (Å²) in [5.41, 5.74) is 1.53. The molecule has 0 unspecified atom stereocenters. The number of amides is 1. The molecule has 8 heteroatoms. The van der Waals surface area contributed by atoms with E-state index >= 15 is 0 Å². The van der Waals surface area contributed by atoms with Crippen molar-refractivity contribution in [2.75, 3.05) is 30.5 Å². The van der Waals surface area contributed by atoms with Crippen molar-refractivity contribution in [3.05, 3.63) is 71.2 Å². The van der Waals surface area contributed by atoms with Crippen LogP contribution in [0.15, 0.2) is 65.6 Å². The number of carbonyl (C=O) groups excluding carboxylic acids is 1. The van der Waals surface area contributed by atoms with Gasteiger partial charge in [0, 0.05) is 17.0 Å². The molecule has 32 heavy (non-hydrogen) atoms. The van der Waals surface area contributed by atoms with Crippen LogP contribution in [-0.4, -0.2) is 45.4 Å². The summed E-state index contributed by atoms with van der Waals surface area (Å²) in [6, 6.07) is 18.3. The van der Waals surface area contributed by atoms with Crippen molar-refractivity contribution in [2.45, 2.75) is 23.8 Å². The Morgan fingerprint density at radius 1 is 1.00 bits per heavy atom. The molecule has 0 bridgehead atoms. The van der Waals surface area contributed by atoms with E-state index in [1.165, 1.54) is 4.31 Å². The normalized spacial score (nSPS) is 18.2. The molecule has 2 heterocycles. The van der Waals surface area contributed by atoms with Gasteiger partial charge in [0.05, 0.1) is 16.6 Å². The van der Waals surface area contributed by atoms with E-state index in [-0.39, 0.29) is 23.4 Å². The first-order chi connectivity index (χ1) is 15.5. The molecule has 1 saturated heterocycles. The molecule has 0 aliphatic carbocycles. The van der Waals surface area contributed by atoms with Gasteiger partial charge in [-0.05, 0) is 55.1 Å². The van der Waals surface area contributed by atoms with Gasteiger partial charge in [0.1, 0.15) is 6.54 Å². The Labute approximate surface area is 192 Å². The van der Waals surface area contributed by atoms with Crippen LogP contribution in [0.3, 0.4) is 0 Å². The molecule has 1 atom stereocenters. The van der Waals surface area contributed by atoms with E-state index in [0.29, 0.717) is 22.6 Å². The number of sulfonamides is 1. The predicted octanol–water partition coefficient (Wildman–Crippen LogP) is 3.96. The van der Waals surface area contributed by atoms with Crippen LogP contribution in [0.4, 0.5) is 5.69 Å². The molecule has 1 fully saturated rings. The SMILES string of the molecule is O=C(CN1c2cccc3cccc(c23)S1(=O)=O)NC[C@@H](c1ccccc1Cl)N1CCCC1. The van der Waals surface area contributed by atoms with Crippen molar-refractivity contribution < 1.29 is 13.2 Å². The van der Waals surface area contributed by atoms with E-state index < -0.39 is 10.0 Å². The number of nitrogens with zero attached hydrogens (tertiary/aromatic N) is 2. The second-order valence-electron chi connectivity index (χ2n) is 8.23.